The molecule has 0 unspecified atom stereocenters. The van der Waals surface area contributed by atoms with Crippen molar-refractivity contribution in [3.05, 3.63) is 0 Å². The van der Waals surface area contributed by atoms with Gasteiger partial charge in [0, 0.05) is 6.42 Å². The average molecular weight is 598 g/mol. The minimum atomic E-state index is -1.99. The maximum atomic E-state index is 13.9. The molecule has 1 atom stereocenters. The van der Waals surface area contributed by atoms with Crippen molar-refractivity contribution in [3.63, 3.8) is 0 Å². The molecule has 12 saturated carbocycles. The third-order valence-corrected chi connectivity index (χ3v) is 14.2. The van der Waals surface area contributed by atoms with Gasteiger partial charge >= 0.3 is 11.9 Å². The van der Waals surface area contributed by atoms with E-state index in [4.69, 9.17) is 14.4 Å². The van der Waals surface area contributed by atoms with Crippen LogP contribution in [-0.2, 0) is 24.0 Å². The number of ether oxygens (including phenoxy) is 1. The van der Waals surface area contributed by atoms with E-state index in [9.17, 15) is 19.8 Å². The zero-order valence-electron chi connectivity index (χ0n) is 25.7. The lowest BCUT2D eigenvalue weighted by atomic mass is 9.54. The quantitative estimate of drug-likeness (QED) is 0.200. The molecule has 238 valence electrons. The van der Waals surface area contributed by atoms with Crippen LogP contribution < -0.4 is 0 Å². The van der Waals surface area contributed by atoms with Crippen LogP contribution in [0.2, 0.25) is 0 Å². The highest BCUT2D eigenvalue weighted by molar-refractivity contribution is 5.78. The molecule has 12 bridgehead atoms. The van der Waals surface area contributed by atoms with Crippen molar-refractivity contribution in [2.75, 3.05) is 0 Å². The first-order valence-electron chi connectivity index (χ1n) is 17.9. The van der Waals surface area contributed by atoms with E-state index in [1.54, 1.807) is 0 Å². The highest BCUT2D eigenvalue weighted by Gasteiger charge is 2.64. The Kier molecular flexibility index (Phi) is 6.29. The van der Waals surface area contributed by atoms with Crippen LogP contribution in [-0.4, -0.2) is 49.9 Å². The number of carboxylic acids is 2. The van der Waals surface area contributed by atoms with E-state index in [1.165, 1.54) is 63.0 Å². The summed E-state index contributed by atoms with van der Waals surface area (Å²) in [6, 6.07) is 0. The van der Waals surface area contributed by atoms with Crippen LogP contribution in [0.5, 0.6) is 0 Å². The van der Waals surface area contributed by atoms with Crippen LogP contribution in [0.4, 0.5) is 0 Å². The minimum absolute atomic E-state index is 0.182. The van der Waals surface area contributed by atoms with Gasteiger partial charge in [0.05, 0.1) is 23.2 Å². The van der Waals surface area contributed by atoms with E-state index >= 15 is 0 Å². The van der Waals surface area contributed by atoms with Gasteiger partial charge in [-0.2, -0.15) is 0 Å². The van der Waals surface area contributed by atoms with Gasteiger partial charge in [0.15, 0.2) is 0 Å². The van der Waals surface area contributed by atoms with Crippen molar-refractivity contribution in [1.82, 2.24) is 5.23 Å². The molecule has 12 aliphatic rings. The molecule has 8 nitrogen and oxygen atoms in total. The monoisotopic (exact) mass is 597 g/mol. The van der Waals surface area contributed by atoms with Gasteiger partial charge in [-0.3, -0.25) is 14.5 Å². The van der Waals surface area contributed by atoms with E-state index < -0.39 is 34.5 Å². The van der Waals surface area contributed by atoms with Crippen LogP contribution >= 0.6 is 0 Å². The zero-order valence-corrected chi connectivity index (χ0v) is 25.7. The number of rotatable bonds is 11. The molecule has 0 aliphatic heterocycles. The normalized spacial score (nSPS) is 51.3. The Morgan fingerprint density at radius 2 is 0.860 bits per heavy atom. The molecule has 0 heterocycles. The Morgan fingerprint density at radius 3 is 1.14 bits per heavy atom. The fourth-order valence-electron chi connectivity index (χ4n) is 14.0. The number of carboxylic acid groups (broad SMARTS) is 2. The van der Waals surface area contributed by atoms with Crippen LogP contribution in [0.25, 0.3) is 0 Å². The van der Waals surface area contributed by atoms with Crippen LogP contribution in [0.3, 0.4) is 0 Å². The molecular weight excluding hydrogens is 546 g/mol. The Balaban J connectivity index is 1.11. The predicted molar refractivity (Wildman–Crippen MR) is 155 cm³/mol. The molecule has 0 aromatic carbocycles. The summed E-state index contributed by atoms with van der Waals surface area (Å²) in [5.74, 6) is 3.26. The van der Waals surface area contributed by atoms with Gasteiger partial charge in [-0.15, -0.1) is 0 Å². The highest BCUT2D eigenvalue weighted by Crippen LogP contribution is 2.62. The van der Waals surface area contributed by atoms with E-state index in [1.807, 2.05) is 0 Å². The van der Waals surface area contributed by atoms with Crippen molar-refractivity contribution in [2.45, 2.75) is 151 Å². The number of hydroxylamine groups is 2. The molecule has 0 spiro atoms. The Bertz CT molecular complexity index is 1010. The standard InChI is InChI=1S/C35H51NO7/c37-30(38)1-2-35(31(39)40,41-32-12-21-3-22(13-32)5-23(4-21)14-32)36(42-33-15-24-6-25(16-33)8-26(7-24)17-33)43-34-18-27-9-28(19-34)11-29(10-27)20-34/h21-29H,1-20H2,(H,37,38)(H,39,40)/t21?,22?,23?,24?,25?,26?,27?,28?,29?,32?,33?,34?,35-/m1/s1. The van der Waals surface area contributed by atoms with Gasteiger partial charge in [-0.25, -0.2) is 4.79 Å². The van der Waals surface area contributed by atoms with E-state index in [0.29, 0.717) is 53.3 Å². The molecule has 0 aromatic heterocycles. The highest BCUT2D eigenvalue weighted by atomic mass is 17.0. The molecule has 12 aliphatic carbocycles. The second-order valence-corrected chi connectivity index (χ2v) is 17.8. The molecule has 0 saturated heterocycles. The first-order chi connectivity index (χ1) is 20.6. The number of hydrogen-bond donors (Lipinski definition) is 2. The van der Waals surface area contributed by atoms with Crippen LogP contribution in [0.15, 0.2) is 0 Å². The molecular formula is C35H51NO7. The van der Waals surface area contributed by atoms with Crippen molar-refractivity contribution in [1.29, 1.82) is 0 Å². The number of aliphatic carboxylic acids is 2. The summed E-state index contributed by atoms with van der Waals surface area (Å²) in [6.07, 6.45) is 18.9. The zero-order chi connectivity index (χ0) is 29.2. The van der Waals surface area contributed by atoms with E-state index in [0.717, 1.165) is 57.8 Å². The maximum absolute atomic E-state index is 13.9. The van der Waals surface area contributed by atoms with Gasteiger partial charge in [-0.05, 0) is 174 Å². The SMILES string of the molecule is O=C(O)CC[C@@](OC12CC3CC(CC(C3)C1)C2)(C(=O)O)N(OC12CC3CC(CC(C3)C1)C2)OC12CC3CC(CC(C3)C1)C2. The summed E-state index contributed by atoms with van der Waals surface area (Å²) in [7, 11) is 0. The number of hydrogen-bond acceptors (Lipinski definition) is 6. The topological polar surface area (TPSA) is 106 Å². The van der Waals surface area contributed by atoms with Gasteiger partial charge in [0.2, 0.25) is 0 Å². The number of carbonyl (C=O) groups is 2. The number of nitrogens with zero attached hydrogens (tertiary/aromatic N) is 1. The summed E-state index contributed by atoms with van der Waals surface area (Å²) >= 11 is 0. The maximum Gasteiger partial charge on any atom is 0.356 e. The largest absolute Gasteiger partial charge is 0.481 e. The van der Waals surface area contributed by atoms with Crippen molar-refractivity contribution < 1.29 is 34.2 Å². The Labute approximate surface area is 255 Å². The van der Waals surface area contributed by atoms with Crippen molar-refractivity contribution in [2.24, 2.45) is 53.3 Å². The predicted octanol–water partition coefficient (Wildman–Crippen LogP) is 6.72. The van der Waals surface area contributed by atoms with Crippen LogP contribution in [0.1, 0.15) is 128 Å². The third kappa shape index (κ3) is 4.74. The fourth-order valence-corrected chi connectivity index (χ4v) is 14.0. The van der Waals surface area contributed by atoms with Crippen molar-refractivity contribution in [3.8, 4) is 0 Å². The first kappa shape index (κ1) is 28.0. The van der Waals surface area contributed by atoms with Crippen LogP contribution in [0, 0.1) is 53.3 Å². The Hall–Kier alpha value is -1.22. The smallest absolute Gasteiger partial charge is 0.356 e. The van der Waals surface area contributed by atoms with Gasteiger partial charge in [-0.1, -0.05) is 0 Å². The molecule has 2 N–H and O–H groups in total. The molecule has 0 amide bonds. The molecule has 0 aromatic rings. The lowest BCUT2D eigenvalue weighted by Crippen LogP contribution is -2.68. The van der Waals surface area contributed by atoms with E-state index in [2.05, 4.69) is 0 Å². The summed E-state index contributed by atoms with van der Waals surface area (Å²) < 4.78 is 7.15. The van der Waals surface area contributed by atoms with E-state index in [-0.39, 0.29) is 12.8 Å². The second-order valence-electron chi connectivity index (χ2n) is 17.8. The molecule has 8 heteroatoms. The molecule has 0 radical (unpaired) electrons. The van der Waals surface area contributed by atoms with Crippen molar-refractivity contribution >= 4 is 11.9 Å². The summed E-state index contributed by atoms with van der Waals surface area (Å²) in [5, 5.41) is 22.6. The molecule has 12 rings (SSSR count). The van der Waals surface area contributed by atoms with Gasteiger partial charge in [0.1, 0.15) is 0 Å². The summed E-state index contributed by atoms with van der Waals surface area (Å²) in [6.45, 7) is 0. The van der Waals surface area contributed by atoms with Gasteiger partial charge in [0.25, 0.3) is 5.72 Å². The lowest BCUT2D eigenvalue weighted by Gasteiger charge is -2.62. The lowest BCUT2D eigenvalue weighted by molar-refractivity contribution is -0.527. The van der Waals surface area contributed by atoms with Gasteiger partial charge < -0.3 is 14.9 Å². The fraction of sp³-hybridized carbons (Fsp3) is 0.943. The average Bonchev–Trinajstić information content (AvgIpc) is 2.88. The second kappa shape index (κ2) is 9.65. The Morgan fingerprint density at radius 1 is 0.558 bits per heavy atom. The molecule has 12 fully saturated rings. The molecule has 43 heavy (non-hydrogen) atoms. The summed E-state index contributed by atoms with van der Waals surface area (Å²) in [4.78, 5) is 40.3. The first-order valence-corrected chi connectivity index (χ1v) is 17.9. The summed E-state index contributed by atoms with van der Waals surface area (Å²) in [5.41, 5.74) is -3.45. The third-order valence-electron chi connectivity index (χ3n) is 14.2. The minimum Gasteiger partial charge on any atom is -0.481 e.